The van der Waals surface area contributed by atoms with Crippen molar-refractivity contribution in [1.82, 2.24) is 9.78 Å². The Balaban J connectivity index is 1.84. The van der Waals surface area contributed by atoms with E-state index >= 15 is 0 Å². The van der Waals surface area contributed by atoms with Gasteiger partial charge in [-0.15, -0.1) is 0 Å². The summed E-state index contributed by atoms with van der Waals surface area (Å²) >= 11 is 0. The maximum atomic E-state index is 5.48. The summed E-state index contributed by atoms with van der Waals surface area (Å²) in [5, 5.41) is 4.30. The van der Waals surface area contributed by atoms with Crippen LogP contribution in [0.15, 0.2) is 47.7 Å². The molecule has 5 nitrogen and oxygen atoms in total. The molecule has 2 N–H and O–H groups in total. The highest BCUT2D eigenvalue weighted by atomic mass is 16.5. The van der Waals surface area contributed by atoms with Gasteiger partial charge in [0.25, 0.3) is 6.02 Å². The van der Waals surface area contributed by atoms with Gasteiger partial charge in [0, 0.05) is 11.8 Å². The van der Waals surface area contributed by atoms with Crippen molar-refractivity contribution in [2.75, 3.05) is 6.54 Å². The molecule has 0 radical (unpaired) electrons. The number of amidine groups is 1. The molecule has 1 aromatic heterocycles. The molecule has 0 amide bonds. The summed E-state index contributed by atoms with van der Waals surface area (Å²) in [6.45, 7) is 0.562. The van der Waals surface area contributed by atoms with Crippen LogP contribution in [0.25, 0.3) is 5.69 Å². The Labute approximate surface area is 98.5 Å². The second kappa shape index (κ2) is 3.93. The third kappa shape index (κ3) is 1.87. The second-order valence-corrected chi connectivity index (χ2v) is 3.84. The average Bonchev–Trinajstić information content (AvgIpc) is 2.98. The number of benzene rings is 1. The molecule has 2 aromatic rings. The summed E-state index contributed by atoms with van der Waals surface area (Å²) in [5.74, 6) is 0. The number of ether oxygens (including phenoxy) is 1. The largest absolute Gasteiger partial charge is 0.455 e. The van der Waals surface area contributed by atoms with E-state index in [4.69, 9.17) is 10.5 Å². The lowest BCUT2D eigenvalue weighted by molar-refractivity contribution is 0.226. The van der Waals surface area contributed by atoms with E-state index in [9.17, 15) is 0 Å². The Morgan fingerprint density at radius 1 is 1.29 bits per heavy atom. The van der Waals surface area contributed by atoms with E-state index in [0.717, 1.165) is 11.3 Å². The molecule has 86 valence electrons. The zero-order valence-electron chi connectivity index (χ0n) is 9.15. The van der Waals surface area contributed by atoms with Crippen molar-refractivity contribution in [1.29, 1.82) is 0 Å². The maximum Gasteiger partial charge on any atom is 0.282 e. The predicted molar refractivity (Wildman–Crippen MR) is 63.9 cm³/mol. The van der Waals surface area contributed by atoms with Gasteiger partial charge in [0.2, 0.25) is 0 Å². The number of para-hydroxylation sites is 1. The van der Waals surface area contributed by atoms with Gasteiger partial charge in [-0.2, -0.15) is 5.10 Å². The molecule has 0 spiro atoms. The monoisotopic (exact) mass is 228 g/mol. The molecule has 0 bridgehead atoms. The third-order valence-electron chi connectivity index (χ3n) is 2.67. The van der Waals surface area contributed by atoms with E-state index in [1.807, 2.05) is 41.2 Å². The third-order valence-corrected chi connectivity index (χ3v) is 2.67. The van der Waals surface area contributed by atoms with E-state index in [1.54, 1.807) is 6.20 Å². The van der Waals surface area contributed by atoms with Crippen LogP contribution in [0.1, 0.15) is 11.7 Å². The van der Waals surface area contributed by atoms with Crippen LogP contribution in [0.2, 0.25) is 0 Å². The molecule has 3 rings (SSSR count). The molecule has 1 aliphatic heterocycles. The van der Waals surface area contributed by atoms with Gasteiger partial charge < -0.3 is 10.5 Å². The topological polar surface area (TPSA) is 65.4 Å². The standard InChI is InChI=1S/C12H12N4O/c13-12-14-7-11(17-12)9-6-15-16(8-9)10-4-2-1-3-5-10/h1-6,8,11H,7H2,(H2,13,14). The molecule has 0 saturated carbocycles. The van der Waals surface area contributed by atoms with Gasteiger partial charge in [-0.25, -0.2) is 9.67 Å². The molecule has 1 atom stereocenters. The molecule has 1 aromatic carbocycles. The summed E-state index contributed by atoms with van der Waals surface area (Å²) in [6, 6.07) is 10.2. The van der Waals surface area contributed by atoms with Crippen LogP contribution < -0.4 is 5.73 Å². The molecule has 0 fully saturated rings. The van der Waals surface area contributed by atoms with Gasteiger partial charge in [-0.1, -0.05) is 18.2 Å². The first-order chi connectivity index (χ1) is 8.33. The molecule has 2 heterocycles. The highest BCUT2D eigenvalue weighted by Gasteiger charge is 2.21. The van der Waals surface area contributed by atoms with Crippen molar-refractivity contribution in [3.63, 3.8) is 0 Å². The van der Waals surface area contributed by atoms with Crippen LogP contribution in [0.4, 0.5) is 0 Å². The van der Waals surface area contributed by atoms with Gasteiger partial charge in [0.15, 0.2) is 0 Å². The summed E-state index contributed by atoms with van der Waals surface area (Å²) in [6.07, 6.45) is 3.62. The predicted octanol–water partition coefficient (Wildman–Crippen LogP) is 1.26. The number of aromatic nitrogens is 2. The average molecular weight is 228 g/mol. The first kappa shape index (κ1) is 9.89. The number of nitrogens with zero attached hydrogens (tertiary/aromatic N) is 3. The zero-order chi connectivity index (χ0) is 11.7. The van der Waals surface area contributed by atoms with E-state index in [-0.39, 0.29) is 12.1 Å². The van der Waals surface area contributed by atoms with Crippen molar-refractivity contribution < 1.29 is 4.74 Å². The summed E-state index contributed by atoms with van der Waals surface area (Å²) < 4.78 is 7.18. The molecule has 0 saturated heterocycles. The Hall–Kier alpha value is -2.30. The van der Waals surface area contributed by atoms with Gasteiger partial charge in [-0.3, -0.25) is 0 Å². The Morgan fingerprint density at radius 3 is 2.82 bits per heavy atom. The smallest absolute Gasteiger partial charge is 0.282 e. The van der Waals surface area contributed by atoms with Crippen LogP contribution in [0.5, 0.6) is 0 Å². The number of aliphatic imine (C=N–C) groups is 1. The van der Waals surface area contributed by atoms with Crippen LogP contribution in [-0.4, -0.2) is 22.3 Å². The van der Waals surface area contributed by atoms with Crippen molar-refractivity contribution in [3.8, 4) is 5.69 Å². The van der Waals surface area contributed by atoms with E-state index in [0.29, 0.717) is 6.54 Å². The quantitative estimate of drug-likeness (QED) is 0.841. The fourth-order valence-electron chi connectivity index (χ4n) is 1.79. The highest BCUT2D eigenvalue weighted by molar-refractivity contribution is 5.73. The lowest BCUT2D eigenvalue weighted by Gasteiger charge is -2.06. The lowest BCUT2D eigenvalue weighted by Crippen LogP contribution is -2.12. The van der Waals surface area contributed by atoms with Crippen molar-refractivity contribution in [2.45, 2.75) is 6.10 Å². The summed E-state index contributed by atoms with van der Waals surface area (Å²) in [4.78, 5) is 4.01. The van der Waals surface area contributed by atoms with Gasteiger partial charge in [-0.05, 0) is 12.1 Å². The first-order valence-electron chi connectivity index (χ1n) is 5.39. The van der Waals surface area contributed by atoms with E-state index in [2.05, 4.69) is 10.1 Å². The molecule has 17 heavy (non-hydrogen) atoms. The van der Waals surface area contributed by atoms with E-state index < -0.39 is 0 Å². The molecular weight excluding hydrogens is 216 g/mol. The zero-order valence-corrected chi connectivity index (χ0v) is 9.15. The van der Waals surface area contributed by atoms with Crippen LogP contribution in [0.3, 0.4) is 0 Å². The fourth-order valence-corrected chi connectivity index (χ4v) is 1.79. The summed E-state index contributed by atoms with van der Waals surface area (Å²) in [5.41, 5.74) is 7.48. The minimum absolute atomic E-state index is 0.104. The fraction of sp³-hybridized carbons (Fsp3) is 0.167. The number of nitrogens with two attached hydrogens (primary N) is 1. The normalized spacial score (nSPS) is 18.8. The molecule has 5 heteroatoms. The van der Waals surface area contributed by atoms with Gasteiger partial charge in [0.05, 0.1) is 18.4 Å². The molecular formula is C12H12N4O. The van der Waals surface area contributed by atoms with Crippen LogP contribution in [0, 0.1) is 0 Å². The van der Waals surface area contributed by atoms with Gasteiger partial charge in [0.1, 0.15) is 6.10 Å². The molecule has 1 unspecified atom stereocenters. The minimum atomic E-state index is -0.104. The molecule has 0 aliphatic carbocycles. The maximum absolute atomic E-state index is 5.48. The van der Waals surface area contributed by atoms with Crippen LogP contribution >= 0.6 is 0 Å². The van der Waals surface area contributed by atoms with E-state index in [1.165, 1.54) is 0 Å². The van der Waals surface area contributed by atoms with Crippen molar-refractivity contribution >= 4 is 6.02 Å². The number of hydrogen-bond acceptors (Lipinski definition) is 4. The van der Waals surface area contributed by atoms with Crippen molar-refractivity contribution in [2.24, 2.45) is 10.7 Å². The molecule has 1 aliphatic rings. The van der Waals surface area contributed by atoms with Crippen molar-refractivity contribution in [3.05, 3.63) is 48.3 Å². The first-order valence-corrected chi connectivity index (χ1v) is 5.39. The van der Waals surface area contributed by atoms with Gasteiger partial charge >= 0.3 is 0 Å². The highest BCUT2D eigenvalue weighted by Crippen LogP contribution is 2.22. The van der Waals surface area contributed by atoms with Crippen LogP contribution in [-0.2, 0) is 4.74 Å². The SMILES string of the molecule is NC1=NCC(c2cnn(-c3ccccc3)c2)O1. The Morgan fingerprint density at radius 2 is 2.12 bits per heavy atom. The number of hydrogen-bond donors (Lipinski definition) is 1. The summed E-state index contributed by atoms with van der Waals surface area (Å²) in [7, 11) is 0. The Kier molecular flexibility index (Phi) is 2.29. The lowest BCUT2D eigenvalue weighted by atomic mass is 10.2. The minimum Gasteiger partial charge on any atom is -0.455 e. The number of rotatable bonds is 2. The second-order valence-electron chi connectivity index (χ2n) is 3.84. The Bertz CT molecular complexity index is 547.